The fourth-order valence-corrected chi connectivity index (χ4v) is 5.03. The number of nitrogens with zero attached hydrogens (tertiary/aromatic N) is 6. The third-order valence-electron chi connectivity index (χ3n) is 5.58. The quantitative estimate of drug-likeness (QED) is 0.571. The molecule has 0 saturated heterocycles. The van der Waals surface area contributed by atoms with Crippen molar-refractivity contribution in [3.8, 4) is 17.3 Å². The topological polar surface area (TPSA) is 96.4 Å². The molecule has 0 N–H and O–H groups in total. The van der Waals surface area contributed by atoms with Crippen molar-refractivity contribution < 1.29 is 14.3 Å². The number of benzene rings is 1. The predicted molar refractivity (Wildman–Crippen MR) is 125 cm³/mol. The van der Waals surface area contributed by atoms with Crippen LogP contribution in [0.25, 0.3) is 11.5 Å². The Bertz CT molecular complexity index is 1250. The number of rotatable bonds is 3. The zero-order valence-electron chi connectivity index (χ0n) is 19.3. The van der Waals surface area contributed by atoms with Crippen LogP contribution in [-0.4, -0.2) is 54.4 Å². The van der Waals surface area contributed by atoms with E-state index in [1.165, 1.54) is 4.68 Å². The highest BCUT2D eigenvalue weighted by molar-refractivity contribution is 8.00. The first-order valence-corrected chi connectivity index (χ1v) is 11.8. The van der Waals surface area contributed by atoms with Crippen molar-refractivity contribution in [1.29, 1.82) is 0 Å². The van der Waals surface area contributed by atoms with E-state index < -0.39 is 11.7 Å². The largest absolute Gasteiger partial charge is 0.497 e. The van der Waals surface area contributed by atoms with Crippen LogP contribution in [0, 0.1) is 0 Å². The zero-order valence-corrected chi connectivity index (χ0v) is 20.1. The molecule has 9 nitrogen and oxygen atoms in total. The monoisotopic (exact) mass is 466 g/mol. The van der Waals surface area contributed by atoms with Crippen LogP contribution in [0.5, 0.6) is 5.75 Å². The summed E-state index contributed by atoms with van der Waals surface area (Å²) in [5, 5.41) is 19.1. The molecule has 1 aliphatic carbocycles. The number of carbonyl (C=O) groups excluding carboxylic acids is 1. The lowest BCUT2D eigenvalue weighted by Crippen LogP contribution is -2.28. The van der Waals surface area contributed by atoms with Crippen molar-refractivity contribution in [3.05, 3.63) is 41.1 Å². The molecule has 1 atom stereocenters. The van der Waals surface area contributed by atoms with Crippen LogP contribution >= 0.6 is 11.8 Å². The van der Waals surface area contributed by atoms with Gasteiger partial charge in [0.1, 0.15) is 17.0 Å². The third-order valence-corrected chi connectivity index (χ3v) is 6.62. The summed E-state index contributed by atoms with van der Waals surface area (Å²) in [5.41, 5.74) is 3.85. The summed E-state index contributed by atoms with van der Waals surface area (Å²) in [6.07, 6.45) is 2.08. The number of hydrogen-bond acceptors (Lipinski definition) is 8. The van der Waals surface area contributed by atoms with Gasteiger partial charge in [0.25, 0.3) is 0 Å². The minimum atomic E-state index is -0.604. The highest BCUT2D eigenvalue weighted by Crippen LogP contribution is 2.36. The van der Waals surface area contributed by atoms with E-state index in [9.17, 15) is 4.79 Å². The standard InChI is InChI=1S/C23H26N6O3S/c1-13-18(14-9-11-15(31-5)12-10-14)26-29-20(24-25-21(29)33-13)19-16-7-6-8-17(16)28(27-19)22(30)32-23(2,3)4/h9-13H,6-8H2,1-5H3. The van der Waals surface area contributed by atoms with Gasteiger partial charge in [0.15, 0.2) is 0 Å². The first-order valence-electron chi connectivity index (χ1n) is 10.9. The molecule has 0 amide bonds. The van der Waals surface area contributed by atoms with Crippen LogP contribution < -0.4 is 4.74 Å². The molecule has 0 fully saturated rings. The Hall–Kier alpha value is -3.14. The van der Waals surface area contributed by atoms with Gasteiger partial charge >= 0.3 is 6.09 Å². The molecule has 0 saturated carbocycles. The Morgan fingerprint density at radius 3 is 2.61 bits per heavy atom. The smallest absolute Gasteiger partial charge is 0.435 e. The average Bonchev–Trinajstić information content (AvgIpc) is 3.47. The summed E-state index contributed by atoms with van der Waals surface area (Å²) >= 11 is 1.60. The van der Waals surface area contributed by atoms with E-state index in [0.29, 0.717) is 16.7 Å². The number of carbonyl (C=O) groups is 1. The van der Waals surface area contributed by atoms with E-state index in [0.717, 1.165) is 47.5 Å². The number of aromatic nitrogens is 5. The summed E-state index contributed by atoms with van der Waals surface area (Å²) in [6, 6.07) is 7.85. The van der Waals surface area contributed by atoms with E-state index in [1.54, 1.807) is 23.5 Å². The van der Waals surface area contributed by atoms with Crippen LogP contribution in [0.4, 0.5) is 4.79 Å². The summed E-state index contributed by atoms with van der Waals surface area (Å²) in [6.45, 7) is 7.63. The first-order chi connectivity index (χ1) is 15.7. The minimum Gasteiger partial charge on any atom is -0.497 e. The first kappa shape index (κ1) is 21.7. The number of thioether (sulfide) groups is 1. The second kappa shape index (κ2) is 8.02. The molecule has 172 valence electrons. The van der Waals surface area contributed by atoms with Crippen LogP contribution in [-0.2, 0) is 17.6 Å². The molecule has 1 unspecified atom stereocenters. The number of hydrogen-bond donors (Lipinski definition) is 0. The number of ether oxygens (including phenoxy) is 2. The molecule has 0 radical (unpaired) electrons. The Kier molecular flexibility index (Phi) is 5.27. The highest BCUT2D eigenvalue weighted by Gasteiger charge is 2.33. The van der Waals surface area contributed by atoms with Crippen LogP contribution in [0.1, 0.15) is 50.9 Å². The maximum atomic E-state index is 12.8. The maximum absolute atomic E-state index is 12.8. The van der Waals surface area contributed by atoms with Gasteiger partial charge in [0.05, 0.1) is 23.8 Å². The lowest BCUT2D eigenvalue weighted by atomic mass is 10.1. The molecule has 3 aromatic rings. The van der Waals surface area contributed by atoms with Gasteiger partial charge in [-0.15, -0.1) is 10.2 Å². The summed E-state index contributed by atoms with van der Waals surface area (Å²) in [4.78, 5) is 12.8. The van der Waals surface area contributed by atoms with Gasteiger partial charge in [-0.1, -0.05) is 11.8 Å². The van der Waals surface area contributed by atoms with Gasteiger partial charge in [0, 0.05) is 5.56 Å². The van der Waals surface area contributed by atoms with Crippen molar-refractivity contribution in [2.24, 2.45) is 5.10 Å². The zero-order chi connectivity index (χ0) is 23.3. The van der Waals surface area contributed by atoms with E-state index in [1.807, 2.05) is 45.0 Å². The van der Waals surface area contributed by atoms with E-state index in [-0.39, 0.29) is 5.25 Å². The van der Waals surface area contributed by atoms with Crippen molar-refractivity contribution in [3.63, 3.8) is 0 Å². The van der Waals surface area contributed by atoms with Gasteiger partial charge in [-0.25, -0.2) is 4.79 Å². The second-order valence-corrected chi connectivity index (χ2v) is 10.4. The van der Waals surface area contributed by atoms with Crippen molar-refractivity contribution in [2.75, 3.05) is 7.11 Å². The van der Waals surface area contributed by atoms with Gasteiger partial charge in [-0.05, 0) is 76.8 Å². The minimum absolute atomic E-state index is 0.105. The summed E-state index contributed by atoms with van der Waals surface area (Å²) in [5.74, 6) is 1.33. The Balaban J connectivity index is 1.57. The van der Waals surface area contributed by atoms with Crippen LogP contribution in [0.2, 0.25) is 0 Å². The highest BCUT2D eigenvalue weighted by atomic mass is 32.2. The molecule has 10 heteroatoms. The van der Waals surface area contributed by atoms with Crippen molar-refractivity contribution in [1.82, 2.24) is 24.7 Å². The number of methoxy groups -OCH3 is 1. The van der Waals surface area contributed by atoms with Crippen molar-refractivity contribution >= 4 is 23.6 Å². The second-order valence-electron chi connectivity index (χ2n) is 9.11. The van der Waals surface area contributed by atoms with E-state index in [2.05, 4.69) is 22.2 Å². The normalized spacial score (nSPS) is 17.4. The molecular formula is C23H26N6O3S. The summed E-state index contributed by atoms with van der Waals surface area (Å²) < 4.78 is 14.0. The van der Waals surface area contributed by atoms with Crippen LogP contribution in [0.15, 0.2) is 34.5 Å². The SMILES string of the molecule is COc1ccc(C2=Nn3c(nnc3-c3nn(C(=O)OC(C)(C)C)c4c3CCC4)SC2C)cc1. The predicted octanol–water partition coefficient (Wildman–Crippen LogP) is 4.17. The fourth-order valence-electron chi connectivity index (χ4n) is 4.11. The third kappa shape index (κ3) is 3.92. The number of fused-ring (bicyclic) bond motifs is 2. The lowest BCUT2D eigenvalue weighted by molar-refractivity contribution is 0.0510. The lowest BCUT2D eigenvalue weighted by Gasteiger charge is -2.20. The van der Waals surface area contributed by atoms with Crippen LogP contribution in [0.3, 0.4) is 0 Å². The molecule has 3 heterocycles. The van der Waals surface area contributed by atoms with Crippen molar-refractivity contribution in [2.45, 2.75) is 63.0 Å². The van der Waals surface area contributed by atoms with Gasteiger partial charge < -0.3 is 9.47 Å². The maximum Gasteiger partial charge on any atom is 0.435 e. The molecule has 0 spiro atoms. The summed E-state index contributed by atoms with van der Waals surface area (Å²) in [7, 11) is 1.65. The molecule has 2 aromatic heterocycles. The molecule has 33 heavy (non-hydrogen) atoms. The Morgan fingerprint density at radius 1 is 1.15 bits per heavy atom. The van der Waals surface area contributed by atoms with Gasteiger partial charge in [0.2, 0.25) is 11.0 Å². The average molecular weight is 467 g/mol. The molecule has 5 rings (SSSR count). The fraction of sp³-hybridized carbons (Fsp3) is 0.435. The molecule has 1 aliphatic heterocycles. The van der Waals surface area contributed by atoms with Gasteiger partial charge in [-0.3, -0.25) is 0 Å². The van der Waals surface area contributed by atoms with E-state index >= 15 is 0 Å². The Morgan fingerprint density at radius 2 is 1.91 bits per heavy atom. The molecular weight excluding hydrogens is 440 g/mol. The van der Waals surface area contributed by atoms with Gasteiger partial charge in [-0.2, -0.15) is 19.6 Å². The molecule has 2 aliphatic rings. The van der Waals surface area contributed by atoms with E-state index in [4.69, 9.17) is 14.6 Å². The molecule has 0 bridgehead atoms. The molecule has 1 aromatic carbocycles. The Labute approximate surface area is 196 Å².